The Kier molecular flexibility index (Phi) is 5.44. The van der Waals surface area contributed by atoms with E-state index in [2.05, 4.69) is 26.5 Å². The maximum absolute atomic E-state index is 12.5. The zero-order chi connectivity index (χ0) is 18.6. The Morgan fingerprint density at radius 2 is 1.96 bits per heavy atom. The Hall–Kier alpha value is -2.86. The molecular weight excluding hydrogens is 339 g/mol. The first kappa shape index (κ1) is 18.5. The number of halogens is 3. The first-order valence-electron chi connectivity index (χ1n) is 7.09. The molecule has 0 spiro atoms. The molecule has 25 heavy (non-hydrogen) atoms. The predicted octanol–water partition coefficient (Wildman–Crippen LogP) is 3.23. The van der Waals surface area contributed by atoms with E-state index >= 15 is 0 Å². The molecule has 1 atom stereocenters. The number of carbonyl (C=O) groups is 1. The lowest BCUT2D eigenvalue weighted by Gasteiger charge is -2.24. The van der Waals surface area contributed by atoms with Gasteiger partial charge >= 0.3 is 18.0 Å². The van der Waals surface area contributed by atoms with Crippen LogP contribution in [0.5, 0.6) is 0 Å². The van der Waals surface area contributed by atoms with Gasteiger partial charge in [0.2, 0.25) is 5.82 Å². The molecule has 0 N–H and O–H groups in total. The highest BCUT2D eigenvalue weighted by atomic mass is 19.4. The molecule has 0 saturated heterocycles. The van der Waals surface area contributed by atoms with Crippen molar-refractivity contribution in [3.05, 3.63) is 35.7 Å². The van der Waals surface area contributed by atoms with Crippen LogP contribution in [0.2, 0.25) is 0 Å². The summed E-state index contributed by atoms with van der Waals surface area (Å²) in [4.78, 5) is 20.2. The van der Waals surface area contributed by atoms with Crippen LogP contribution in [0.3, 0.4) is 0 Å². The van der Waals surface area contributed by atoms with Crippen molar-refractivity contribution in [1.82, 2.24) is 15.2 Å². The summed E-state index contributed by atoms with van der Waals surface area (Å²) in [7, 11) is 1.35. The van der Waals surface area contributed by atoms with Gasteiger partial charge in [-0.05, 0) is 25.3 Å². The van der Waals surface area contributed by atoms with Crippen LogP contribution in [0.1, 0.15) is 31.3 Å². The molecule has 2 rings (SSSR count). The topological polar surface area (TPSA) is 68.5 Å². The third kappa shape index (κ3) is 4.16. The molecular formula is C16H14F3N3O3. The number of hydrogen-bond acceptors (Lipinski definition) is 5. The second-order valence-corrected chi connectivity index (χ2v) is 4.91. The highest BCUT2D eigenvalue weighted by Crippen LogP contribution is 2.30. The predicted molar refractivity (Wildman–Crippen MR) is 80.5 cm³/mol. The molecule has 1 amide bonds. The second-order valence-electron chi connectivity index (χ2n) is 4.91. The van der Waals surface area contributed by atoms with Gasteiger partial charge in [0, 0.05) is 5.56 Å². The van der Waals surface area contributed by atoms with E-state index < -0.39 is 24.0 Å². The Balaban J connectivity index is 2.22. The average Bonchev–Trinajstić information content (AvgIpc) is 3.06. The van der Waals surface area contributed by atoms with Crippen LogP contribution in [0, 0.1) is 11.8 Å². The van der Waals surface area contributed by atoms with Crippen LogP contribution in [-0.2, 0) is 15.8 Å². The van der Waals surface area contributed by atoms with Crippen molar-refractivity contribution in [3.63, 3.8) is 0 Å². The molecule has 132 valence electrons. The van der Waals surface area contributed by atoms with Crippen molar-refractivity contribution >= 4 is 5.91 Å². The molecule has 1 aromatic heterocycles. The zero-order valence-electron chi connectivity index (χ0n) is 13.6. The summed E-state index contributed by atoms with van der Waals surface area (Å²) in [6, 6.07) is 5.86. The highest BCUT2D eigenvalue weighted by molar-refractivity contribution is 5.92. The third-order valence-electron chi connectivity index (χ3n) is 3.30. The van der Waals surface area contributed by atoms with Gasteiger partial charge in [-0.15, -0.1) is 0 Å². The average molecular weight is 353 g/mol. The SMILES string of the molecule is CC#CC(=O)N(OC)C(C)c1ccc(-c2noc(C(F)(F)F)n2)cc1. The monoisotopic (exact) mass is 353 g/mol. The number of hydrogen-bond donors (Lipinski definition) is 0. The summed E-state index contributed by atoms with van der Waals surface area (Å²) in [5.41, 5.74) is 1.04. The number of nitrogens with zero attached hydrogens (tertiary/aromatic N) is 3. The van der Waals surface area contributed by atoms with E-state index in [1.807, 2.05) is 0 Å². The van der Waals surface area contributed by atoms with Crippen molar-refractivity contribution in [2.24, 2.45) is 0 Å². The molecule has 0 fully saturated rings. The minimum atomic E-state index is -4.70. The molecule has 0 bridgehead atoms. The molecule has 1 unspecified atom stereocenters. The summed E-state index contributed by atoms with van der Waals surface area (Å²) < 4.78 is 41.7. The largest absolute Gasteiger partial charge is 0.471 e. The summed E-state index contributed by atoms with van der Waals surface area (Å²) in [5, 5.41) is 4.42. The first-order valence-corrected chi connectivity index (χ1v) is 7.09. The van der Waals surface area contributed by atoms with E-state index in [4.69, 9.17) is 4.84 Å². The van der Waals surface area contributed by atoms with Gasteiger partial charge in [0.15, 0.2) is 0 Å². The van der Waals surface area contributed by atoms with Crippen LogP contribution < -0.4 is 0 Å². The fraction of sp³-hybridized carbons (Fsp3) is 0.312. The van der Waals surface area contributed by atoms with Gasteiger partial charge in [-0.3, -0.25) is 9.63 Å². The van der Waals surface area contributed by atoms with Gasteiger partial charge in [-0.1, -0.05) is 35.3 Å². The summed E-state index contributed by atoms with van der Waals surface area (Å²) in [5.74, 6) is 2.78. The Morgan fingerprint density at radius 3 is 2.44 bits per heavy atom. The maximum atomic E-state index is 12.5. The summed E-state index contributed by atoms with van der Waals surface area (Å²) in [6.45, 7) is 3.26. The third-order valence-corrected chi connectivity index (χ3v) is 3.30. The minimum absolute atomic E-state index is 0.178. The number of amides is 1. The van der Waals surface area contributed by atoms with Gasteiger partial charge in [-0.25, -0.2) is 5.06 Å². The van der Waals surface area contributed by atoms with E-state index in [0.717, 1.165) is 5.06 Å². The van der Waals surface area contributed by atoms with Crippen LogP contribution in [0.15, 0.2) is 28.8 Å². The number of hydroxylamine groups is 2. The van der Waals surface area contributed by atoms with Gasteiger partial charge in [0.05, 0.1) is 13.2 Å². The van der Waals surface area contributed by atoms with E-state index in [1.54, 1.807) is 19.1 Å². The van der Waals surface area contributed by atoms with Crippen molar-refractivity contribution in [2.75, 3.05) is 7.11 Å². The Labute approximate surface area is 141 Å². The Morgan fingerprint density at radius 1 is 1.32 bits per heavy atom. The smallest absolute Gasteiger partial charge is 0.329 e. The van der Waals surface area contributed by atoms with Crippen molar-refractivity contribution < 1.29 is 27.3 Å². The molecule has 0 aliphatic rings. The number of benzene rings is 1. The molecule has 0 saturated carbocycles. The number of carbonyl (C=O) groups excluding carboxylic acids is 1. The first-order chi connectivity index (χ1) is 11.8. The fourth-order valence-electron chi connectivity index (χ4n) is 2.08. The lowest BCUT2D eigenvalue weighted by molar-refractivity contribution is -0.181. The molecule has 6 nitrogen and oxygen atoms in total. The quantitative estimate of drug-likeness (QED) is 0.624. The van der Waals surface area contributed by atoms with E-state index in [9.17, 15) is 18.0 Å². The van der Waals surface area contributed by atoms with Crippen LogP contribution >= 0.6 is 0 Å². The zero-order valence-corrected chi connectivity index (χ0v) is 13.6. The highest BCUT2D eigenvalue weighted by Gasteiger charge is 2.38. The molecule has 0 radical (unpaired) electrons. The van der Waals surface area contributed by atoms with Crippen molar-refractivity contribution in [3.8, 4) is 23.2 Å². The standard InChI is InChI=1S/C16H14F3N3O3/c1-4-5-13(23)22(24-3)10(2)11-6-8-12(9-7-11)14-20-15(25-21-14)16(17,18)19/h6-10H,1-3H3. The lowest BCUT2D eigenvalue weighted by Crippen LogP contribution is -2.31. The molecule has 2 aromatic rings. The van der Waals surface area contributed by atoms with Crippen LogP contribution in [0.4, 0.5) is 13.2 Å². The van der Waals surface area contributed by atoms with E-state index in [1.165, 1.54) is 26.2 Å². The van der Waals surface area contributed by atoms with Crippen LogP contribution in [0.25, 0.3) is 11.4 Å². The number of alkyl halides is 3. The molecule has 1 aromatic carbocycles. The summed E-state index contributed by atoms with van der Waals surface area (Å²) in [6.07, 6.45) is -4.70. The Bertz CT molecular complexity index is 804. The number of aromatic nitrogens is 2. The molecule has 1 heterocycles. The number of rotatable bonds is 4. The molecule has 0 aliphatic carbocycles. The summed E-state index contributed by atoms with van der Waals surface area (Å²) >= 11 is 0. The van der Waals surface area contributed by atoms with Gasteiger partial charge < -0.3 is 4.52 Å². The lowest BCUT2D eigenvalue weighted by atomic mass is 10.1. The van der Waals surface area contributed by atoms with Gasteiger partial charge in [0.25, 0.3) is 0 Å². The van der Waals surface area contributed by atoms with Crippen LogP contribution in [-0.4, -0.2) is 28.2 Å². The van der Waals surface area contributed by atoms with Crippen molar-refractivity contribution in [2.45, 2.75) is 26.1 Å². The van der Waals surface area contributed by atoms with Gasteiger partial charge in [0.1, 0.15) is 0 Å². The maximum Gasteiger partial charge on any atom is 0.471 e. The fourth-order valence-corrected chi connectivity index (χ4v) is 2.08. The minimum Gasteiger partial charge on any atom is -0.329 e. The second kappa shape index (κ2) is 7.36. The van der Waals surface area contributed by atoms with Gasteiger partial charge in [-0.2, -0.15) is 18.2 Å². The van der Waals surface area contributed by atoms with E-state index in [-0.39, 0.29) is 5.82 Å². The molecule has 0 aliphatic heterocycles. The normalized spacial score (nSPS) is 12.2. The van der Waals surface area contributed by atoms with E-state index in [0.29, 0.717) is 11.1 Å². The molecule has 9 heteroatoms. The van der Waals surface area contributed by atoms with Crippen molar-refractivity contribution in [1.29, 1.82) is 0 Å².